The molecule has 0 heteroatoms. The minimum absolute atomic E-state index is 0.843. The predicted molar refractivity (Wildman–Crippen MR) is 147 cm³/mol. The first kappa shape index (κ1) is 24.9. The van der Waals surface area contributed by atoms with Gasteiger partial charge in [-0.1, -0.05) is 95.9 Å². The summed E-state index contributed by atoms with van der Waals surface area (Å²) in [4.78, 5) is 0. The second-order valence-electron chi connectivity index (χ2n) is 13.2. The smallest absolute Gasteiger partial charge is 0.0156 e. The van der Waals surface area contributed by atoms with Gasteiger partial charge < -0.3 is 0 Å². The molecule has 0 nitrogen and oxygen atoms in total. The van der Waals surface area contributed by atoms with Crippen LogP contribution in [0.2, 0.25) is 0 Å². The second-order valence-corrected chi connectivity index (χ2v) is 13.2. The lowest BCUT2D eigenvalue weighted by Gasteiger charge is -2.38. The number of hydrogen-bond donors (Lipinski definition) is 0. The Morgan fingerprint density at radius 3 is 1.71 bits per heavy atom. The molecule has 0 heterocycles. The van der Waals surface area contributed by atoms with Crippen molar-refractivity contribution in [3.63, 3.8) is 0 Å². The molecule has 1 aromatic rings. The molecule has 4 atom stereocenters. The Morgan fingerprint density at radius 2 is 1.12 bits per heavy atom. The van der Waals surface area contributed by atoms with E-state index in [1.807, 2.05) is 0 Å². The quantitative estimate of drug-likeness (QED) is 0.287. The number of fused-ring (bicyclic) bond motifs is 1. The van der Waals surface area contributed by atoms with E-state index in [-0.39, 0.29) is 0 Å². The van der Waals surface area contributed by atoms with Gasteiger partial charge in [0, 0.05) is 0 Å². The number of rotatable bonds is 11. The predicted octanol–water partition coefficient (Wildman–Crippen LogP) is 10.7. The molecular formula is C34H54. The first-order chi connectivity index (χ1) is 16.8. The highest BCUT2D eigenvalue weighted by Crippen LogP contribution is 2.63. The van der Waals surface area contributed by atoms with Crippen molar-refractivity contribution in [3.05, 3.63) is 35.4 Å². The molecule has 0 bridgehead atoms. The molecule has 4 fully saturated rings. The van der Waals surface area contributed by atoms with Gasteiger partial charge in [0.25, 0.3) is 0 Å². The molecule has 4 aliphatic carbocycles. The Morgan fingerprint density at radius 1 is 0.559 bits per heavy atom. The molecule has 4 aliphatic rings. The van der Waals surface area contributed by atoms with E-state index in [0.717, 1.165) is 47.3 Å². The highest BCUT2D eigenvalue weighted by atomic mass is 14.6. The minimum Gasteiger partial charge on any atom is -0.0654 e. The summed E-state index contributed by atoms with van der Waals surface area (Å²) >= 11 is 0. The maximum absolute atomic E-state index is 2.53. The van der Waals surface area contributed by atoms with Crippen LogP contribution in [0.4, 0.5) is 0 Å². The Labute approximate surface area is 212 Å². The molecule has 0 aromatic heterocycles. The third-order valence-corrected chi connectivity index (χ3v) is 11.2. The van der Waals surface area contributed by atoms with E-state index < -0.39 is 0 Å². The Balaban J connectivity index is 1.02. The summed E-state index contributed by atoms with van der Waals surface area (Å²) in [5.74, 6) is 8.16. The van der Waals surface area contributed by atoms with Crippen LogP contribution in [0.1, 0.15) is 152 Å². The summed E-state index contributed by atoms with van der Waals surface area (Å²) in [5, 5.41) is 0. The van der Waals surface area contributed by atoms with Crippen LogP contribution in [0.5, 0.6) is 0 Å². The molecule has 2 unspecified atom stereocenters. The summed E-state index contributed by atoms with van der Waals surface area (Å²) in [6.45, 7) is 4.69. The van der Waals surface area contributed by atoms with Crippen LogP contribution in [-0.4, -0.2) is 0 Å². The molecule has 0 saturated heterocycles. The van der Waals surface area contributed by atoms with E-state index in [1.54, 1.807) is 11.1 Å². The molecule has 190 valence electrons. The summed E-state index contributed by atoms with van der Waals surface area (Å²) in [7, 11) is 0. The van der Waals surface area contributed by atoms with Gasteiger partial charge in [-0.15, -0.1) is 0 Å². The van der Waals surface area contributed by atoms with Crippen LogP contribution in [0.25, 0.3) is 0 Å². The summed E-state index contributed by atoms with van der Waals surface area (Å²) in [6, 6.07) is 10.1. The Hall–Kier alpha value is -0.780. The number of hydrogen-bond acceptors (Lipinski definition) is 0. The van der Waals surface area contributed by atoms with E-state index in [4.69, 9.17) is 0 Å². The molecule has 4 saturated carbocycles. The monoisotopic (exact) mass is 462 g/mol. The SMILES string of the molecule is CCCCCCCC1[C@H]2CC(c3ccc(C4CCC(C5CCC(CCC)CC5)CC4)cc3)C[C@@H]12. The van der Waals surface area contributed by atoms with E-state index in [2.05, 4.69) is 38.1 Å². The van der Waals surface area contributed by atoms with Crippen molar-refractivity contribution >= 4 is 0 Å². The van der Waals surface area contributed by atoms with Gasteiger partial charge in [-0.3, -0.25) is 0 Å². The fourth-order valence-corrected chi connectivity index (χ4v) is 8.98. The van der Waals surface area contributed by atoms with Crippen LogP contribution < -0.4 is 0 Å². The largest absolute Gasteiger partial charge is 0.0654 e. The van der Waals surface area contributed by atoms with Gasteiger partial charge in [0.1, 0.15) is 0 Å². The lowest BCUT2D eigenvalue weighted by Crippen LogP contribution is -2.25. The maximum Gasteiger partial charge on any atom is -0.0156 e. The zero-order chi connectivity index (χ0) is 23.3. The molecule has 0 amide bonds. The summed E-state index contributed by atoms with van der Waals surface area (Å²) in [5.41, 5.74) is 3.32. The van der Waals surface area contributed by atoms with Crippen LogP contribution >= 0.6 is 0 Å². The van der Waals surface area contributed by atoms with Crippen molar-refractivity contribution in [3.8, 4) is 0 Å². The van der Waals surface area contributed by atoms with E-state index in [1.165, 1.54) is 116 Å². The standard InChI is InChI=1S/C34H54/c1-3-5-6-7-8-10-32-33-23-31(24-34(32)33)30-21-19-29(20-22-30)28-17-15-27(16-18-28)26-13-11-25(9-4-2)12-14-26/h19-22,25-28,31-34H,3-18,23-24H2,1-2H3/t25?,26?,27?,28?,31?,32?,33-,34+. The van der Waals surface area contributed by atoms with Crippen LogP contribution in [0, 0.1) is 35.5 Å². The van der Waals surface area contributed by atoms with Gasteiger partial charge >= 0.3 is 0 Å². The van der Waals surface area contributed by atoms with E-state index >= 15 is 0 Å². The molecule has 0 radical (unpaired) electrons. The van der Waals surface area contributed by atoms with Crippen LogP contribution in [-0.2, 0) is 0 Å². The Kier molecular flexibility index (Phi) is 8.76. The van der Waals surface area contributed by atoms with E-state index in [0.29, 0.717) is 0 Å². The lowest BCUT2D eigenvalue weighted by molar-refractivity contribution is 0.156. The third-order valence-electron chi connectivity index (χ3n) is 11.2. The van der Waals surface area contributed by atoms with Gasteiger partial charge in [0.2, 0.25) is 0 Å². The van der Waals surface area contributed by atoms with Crippen molar-refractivity contribution in [2.45, 2.75) is 141 Å². The van der Waals surface area contributed by atoms with Gasteiger partial charge in [0.05, 0.1) is 0 Å². The third kappa shape index (κ3) is 5.95. The molecule has 0 spiro atoms. The lowest BCUT2D eigenvalue weighted by atomic mass is 9.68. The number of unbranched alkanes of at least 4 members (excludes halogenated alkanes) is 4. The van der Waals surface area contributed by atoms with Crippen molar-refractivity contribution in [2.24, 2.45) is 35.5 Å². The van der Waals surface area contributed by atoms with Crippen molar-refractivity contribution in [1.82, 2.24) is 0 Å². The molecule has 0 aliphatic heterocycles. The van der Waals surface area contributed by atoms with Crippen LogP contribution in [0.15, 0.2) is 24.3 Å². The minimum atomic E-state index is 0.843. The molecule has 1 aromatic carbocycles. The fraction of sp³-hybridized carbons (Fsp3) is 0.824. The van der Waals surface area contributed by atoms with E-state index in [9.17, 15) is 0 Å². The first-order valence-electron chi connectivity index (χ1n) is 15.9. The van der Waals surface area contributed by atoms with Gasteiger partial charge in [-0.25, -0.2) is 0 Å². The molecule has 34 heavy (non-hydrogen) atoms. The highest BCUT2D eigenvalue weighted by molar-refractivity contribution is 5.30. The van der Waals surface area contributed by atoms with Crippen molar-refractivity contribution in [1.29, 1.82) is 0 Å². The first-order valence-corrected chi connectivity index (χ1v) is 15.9. The van der Waals surface area contributed by atoms with Crippen molar-refractivity contribution < 1.29 is 0 Å². The normalized spacial score (nSPS) is 37.5. The zero-order valence-corrected chi connectivity index (χ0v) is 22.7. The van der Waals surface area contributed by atoms with Gasteiger partial charge in [-0.05, 0) is 116 Å². The number of benzene rings is 1. The molecule has 0 N–H and O–H groups in total. The summed E-state index contributed by atoms with van der Waals surface area (Å²) < 4.78 is 0. The average Bonchev–Trinajstić information content (AvgIpc) is 3.32. The fourth-order valence-electron chi connectivity index (χ4n) is 8.98. The van der Waals surface area contributed by atoms with Crippen molar-refractivity contribution in [2.75, 3.05) is 0 Å². The maximum atomic E-state index is 2.53. The average molecular weight is 463 g/mol. The highest BCUT2D eigenvalue weighted by Gasteiger charge is 2.55. The zero-order valence-electron chi connectivity index (χ0n) is 22.7. The second kappa shape index (κ2) is 12.0. The summed E-state index contributed by atoms with van der Waals surface area (Å²) in [6.07, 6.45) is 26.7. The van der Waals surface area contributed by atoms with Gasteiger partial charge in [-0.2, -0.15) is 0 Å². The Bertz CT molecular complexity index is 703. The molecule has 5 rings (SSSR count). The van der Waals surface area contributed by atoms with Crippen LogP contribution in [0.3, 0.4) is 0 Å². The molecular weight excluding hydrogens is 408 g/mol. The topological polar surface area (TPSA) is 0 Å². The van der Waals surface area contributed by atoms with Gasteiger partial charge in [0.15, 0.2) is 0 Å².